The Kier molecular flexibility index (Phi) is 19.3. The van der Waals surface area contributed by atoms with Crippen LogP contribution in [0.5, 0.6) is 0 Å². The van der Waals surface area contributed by atoms with E-state index in [4.69, 9.17) is 4.42 Å². The first-order valence-corrected chi connectivity index (χ1v) is 23.3. The van der Waals surface area contributed by atoms with Gasteiger partial charge in [-0.2, -0.15) is 0 Å². The third kappa shape index (κ3) is 14.2. The first kappa shape index (κ1) is 51.7. The van der Waals surface area contributed by atoms with E-state index in [1.165, 1.54) is 45.2 Å². The van der Waals surface area contributed by atoms with Crippen molar-refractivity contribution in [2.45, 2.75) is 154 Å². The van der Waals surface area contributed by atoms with Gasteiger partial charge in [0.1, 0.15) is 5.58 Å². The minimum absolute atomic E-state index is 0.0181. The van der Waals surface area contributed by atoms with Gasteiger partial charge in [-0.15, -0.1) is 0 Å². The zero-order chi connectivity index (χ0) is 46.3. The van der Waals surface area contributed by atoms with Gasteiger partial charge >= 0.3 is 0 Å². The van der Waals surface area contributed by atoms with Gasteiger partial charge in [-0.1, -0.05) is 161 Å². The van der Waals surface area contributed by atoms with Crippen molar-refractivity contribution in [3.63, 3.8) is 0 Å². The van der Waals surface area contributed by atoms with E-state index in [2.05, 4.69) is 224 Å². The molecule has 0 fully saturated rings. The molecule has 2 N–H and O–H groups in total. The number of hydrogen-bond donors (Lipinski definition) is 2. The molecule has 1 aliphatic rings. The molecule has 3 rings (SSSR count). The van der Waals surface area contributed by atoms with Crippen LogP contribution in [0.2, 0.25) is 0 Å². The summed E-state index contributed by atoms with van der Waals surface area (Å²) >= 11 is 0. The number of benzene rings is 1. The number of allylic oxidation sites excluding steroid dienone is 19. The molecule has 1 aromatic carbocycles. The second-order valence-electron chi connectivity index (χ2n) is 20.2. The molecule has 2 aromatic rings. The van der Waals surface area contributed by atoms with E-state index in [0.717, 1.165) is 53.7 Å². The molecule has 0 bridgehead atoms. The zero-order valence-electron chi connectivity index (χ0n) is 41.9. The fourth-order valence-corrected chi connectivity index (χ4v) is 8.11. The molecule has 3 nitrogen and oxygen atoms in total. The lowest BCUT2D eigenvalue weighted by Gasteiger charge is -2.41. The number of hydrogen-bond acceptors (Lipinski definition) is 3. The third-order valence-electron chi connectivity index (χ3n) is 12.5. The van der Waals surface area contributed by atoms with Gasteiger partial charge in [0, 0.05) is 29.5 Å². The van der Waals surface area contributed by atoms with Crippen LogP contribution in [0.3, 0.4) is 0 Å². The summed E-state index contributed by atoms with van der Waals surface area (Å²) in [4.78, 5) is 0. The van der Waals surface area contributed by atoms with Crippen molar-refractivity contribution in [3.8, 4) is 0 Å². The molecule has 1 heterocycles. The fraction of sp³-hybridized carbons (Fsp3) is 0.448. The molecular formula is C58H83BN2O. The Morgan fingerprint density at radius 1 is 0.839 bits per heavy atom. The Bertz CT molecular complexity index is 2130. The molecule has 0 saturated heterocycles. The van der Waals surface area contributed by atoms with Crippen LogP contribution in [0.25, 0.3) is 11.0 Å². The van der Waals surface area contributed by atoms with E-state index in [1.54, 1.807) is 0 Å². The normalized spacial score (nSPS) is 17.2. The quantitative estimate of drug-likeness (QED) is 0.103. The molecule has 62 heavy (non-hydrogen) atoms. The van der Waals surface area contributed by atoms with Gasteiger partial charge in [0.25, 0.3) is 6.71 Å². The molecular weight excluding hydrogens is 751 g/mol. The Hall–Kier alpha value is -4.70. The first-order valence-electron chi connectivity index (χ1n) is 23.3. The molecule has 0 spiro atoms. The highest BCUT2D eigenvalue weighted by molar-refractivity contribution is 6.86. The van der Waals surface area contributed by atoms with Crippen LogP contribution in [-0.4, -0.2) is 13.3 Å². The lowest BCUT2D eigenvalue weighted by molar-refractivity contribution is 0.332. The highest BCUT2D eigenvalue weighted by Crippen LogP contribution is 2.47. The monoisotopic (exact) mass is 835 g/mol. The van der Waals surface area contributed by atoms with Crippen molar-refractivity contribution in [2.24, 2.45) is 10.8 Å². The van der Waals surface area contributed by atoms with Crippen molar-refractivity contribution in [1.82, 2.24) is 10.6 Å². The summed E-state index contributed by atoms with van der Waals surface area (Å²) in [5.74, 6) is 0. The molecule has 0 aliphatic heterocycles. The summed E-state index contributed by atoms with van der Waals surface area (Å²) < 4.78 is 7.10. The lowest BCUT2D eigenvalue weighted by atomic mass is 9.37. The van der Waals surface area contributed by atoms with E-state index >= 15 is 0 Å². The molecule has 0 unspecified atom stereocenters. The Balaban J connectivity index is 2.38. The number of furan rings is 1. The van der Waals surface area contributed by atoms with E-state index < -0.39 is 0 Å². The van der Waals surface area contributed by atoms with Gasteiger partial charge in [0.05, 0.1) is 5.66 Å². The van der Waals surface area contributed by atoms with E-state index in [1.807, 2.05) is 19.1 Å². The average Bonchev–Trinajstić information content (AvgIpc) is 3.63. The highest BCUT2D eigenvalue weighted by atomic mass is 16.3. The Morgan fingerprint density at radius 3 is 2.08 bits per heavy atom. The van der Waals surface area contributed by atoms with Crippen LogP contribution in [0.15, 0.2) is 166 Å². The van der Waals surface area contributed by atoms with Crippen molar-refractivity contribution < 1.29 is 4.42 Å². The molecule has 334 valence electrons. The molecule has 0 amide bonds. The average molecular weight is 835 g/mol. The first-order chi connectivity index (χ1) is 29.2. The van der Waals surface area contributed by atoms with E-state index in [0.29, 0.717) is 6.54 Å². The second-order valence-corrected chi connectivity index (χ2v) is 20.2. The lowest BCUT2D eigenvalue weighted by Crippen LogP contribution is -2.40. The van der Waals surface area contributed by atoms with Gasteiger partial charge in [0.15, 0.2) is 0 Å². The number of fused-ring (bicyclic) bond motifs is 2. The van der Waals surface area contributed by atoms with Gasteiger partial charge in [-0.25, -0.2) is 0 Å². The number of rotatable bonds is 20. The van der Waals surface area contributed by atoms with Crippen molar-refractivity contribution in [2.75, 3.05) is 6.54 Å². The fourth-order valence-electron chi connectivity index (χ4n) is 8.11. The second kappa shape index (κ2) is 23.1. The van der Waals surface area contributed by atoms with Gasteiger partial charge in [-0.3, -0.25) is 0 Å². The summed E-state index contributed by atoms with van der Waals surface area (Å²) in [7, 11) is 0. The van der Waals surface area contributed by atoms with Crippen LogP contribution in [0.4, 0.5) is 0 Å². The Labute approximate surface area is 380 Å². The summed E-state index contributed by atoms with van der Waals surface area (Å²) in [6.45, 7) is 40.7. The molecule has 0 atom stereocenters. The van der Waals surface area contributed by atoms with Crippen LogP contribution in [-0.2, 0) is 10.8 Å². The number of nitrogens with one attached hydrogen (secondary N) is 2. The maximum atomic E-state index is 7.10. The van der Waals surface area contributed by atoms with Crippen LogP contribution in [0, 0.1) is 10.8 Å². The van der Waals surface area contributed by atoms with Gasteiger partial charge in [-0.05, 0) is 159 Å². The Morgan fingerprint density at radius 2 is 1.52 bits per heavy atom. The molecule has 0 saturated carbocycles. The maximum Gasteiger partial charge on any atom is 0.287 e. The van der Waals surface area contributed by atoms with Crippen molar-refractivity contribution in [3.05, 3.63) is 172 Å². The molecule has 4 heteroatoms. The SMILES string of the molecule is C=C/C(=C\C(=C\CC)C(C)(C)CC)NC/C(B(C(/C=C\C)=C/C)c1cc2cc3c(cc2o1)C(C)(C)CCC3(C)C)=C(\C=C(C)C)N/C=C/C=C(\C=C\C/C=C\C=C/C)C(C)(C)C. The minimum atomic E-state index is -0.191. The van der Waals surface area contributed by atoms with Crippen molar-refractivity contribution in [1.29, 1.82) is 0 Å². The largest absolute Gasteiger partial charge is 0.470 e. The van der Waals surface area contributed by atoms with E-state index in [-0.39, 0.29) is 28.4 Å². The van der Waals surface area contributed by atoms with Crippen molar-refractivity contribution >= 4 is 23.3 Å². The standard InChI is InChI=1S/C58H83BN2O/c1-18-24-25-26-27-28-32-45(55(9,10)11)33-29-36-60-52(37-43(7)8)51(42-61-48(22-5)40-46(30-19-2)56(12,13)23-6)59(47(21-4)31-20-3)54-39-44-38-49-50(41-53(44)62-54)58(16,17)35-34-57(49,14)15/h18,20-22,24-26,28-33,36-41,60-61H,5,19,23,27,34-35,42H2,1-4,6-17H3/b24-18-,26-25-,31-20-,32-28+,36-29+,45-33+,46-30-,47-21+,48-40+,52-51-. The van der Waals surface area contributed by atoms with E-state index in [9.17, 15) is 0 Å². The third-order valence-corrected chi connectivity index (χ3v) is 12.5. The summed E-state index contributed by atoms with van der Waals surface area (Å²) in [6, 6.07) is 7.07. The van der Waals surface area contributed by atoms with Gasteiger partial charge < -0.3 is 15.1 Å². The van der Waals surface area contributed by atoms with Crippen LogP contribution >= 0.6 is 0 Å². The summed E-state index contributed by atoms with van der Waals surface area (Å²) in [5.41, 5.74) is 13.1. The summed E-state index contributed by atoms with van der Waals surface area (Å²) in [6.07, 6.45) is 40.0. The maximum absolute atomic E-state index is 7.10. The molecule has 0 radical (unpaired) electrons. The summed E-state index contributed by atoms with van der Waals surface area (Å²) in [5, 5.41) is 8.83. The minimum Gasteiger partial charge on any atom is -0.470 e. The predicted molar refractivity (Wildman–Crippen MR) is 278 cm³/mol. The molecule has 1 aliphatic carbocycles. The predicted octanol–water partition coefficient (Wildman–Crippen LogP) is 15.9. The van der Waals surface area contributed by atoms with Gasteiger partial charge in [0.2, 0.25) is 0 Å². The zero-order valence-corrected chi connectivity index (χ0v) is 41.9. The van der Waals surface area contributed by atoms with Crippen LogP contribution < -0.4 is 16.3 Å². The van der Waals surface area contributed by atoms with Crippen LogP contribution in [0.1, 0.15) is 154 Å². The highest BCUT2D eigenvalue weighted by Gasteiger charge is 2.38. The topological polar surface area (TPSA) is 37.2 Å². The smallest absolute Gasteiger partial charge is 0.287 e. The molecule has 1 aromatic heterocycles.